The Hall–Kier alpha value is -1.84. The molecular formula is C9H6FNO2. The average Bonchev–Trinajstić information content (AvgIpc) is 2.49. The second kappa shape index (κ2) is 2.58. The maximum absolute atomic E-state index is 12.8. The number of aromatic nitrogens is 1. The van der Waals surface area contributed by atoms with Crippen LogP contribution in [-0.4, -0.2) is 10.1 Å². The Balaban J connectivity index is 2.84. The molecule has 2 rings (SSSR count). The number of phenols is 1. The Bertz CT molecular complexity index is 475. The van der Waals surface area contributed by atoms with E-state index in [9.17, 15) is 9.50 Å². The normalized spacial score (nSPS) is 10.5. The molecule has 66 valence electrons. The van der Waals surface area contributed by atoms with E-state index in [-0.39, 0.29) is 11.3 Å². The predicted molar refractivity (Wildman–Crippen MR) is 45.8 cm³/mol. The van der Waals surface area contributed by atoms with Crippen LogP contribution in [0.1, 0.15) is 5.56 Å². The number of phenolic OH excluding ortho intramolecular Hbond substituents is 1. The van der Waals surface area contributed by atoms with Crippen molar-refractivity contribution in [3.63, 3.8) is 0 Å². The van der Waals surface area contributed by atoms with E-state index >= 15 is 0 Å². The third kappa shape index (κ3) is 1.16. The highest BCUT2D eigenvalue weighted by atomic mass is 19.1. The van der Waals surface area contributed by atoms with Gasteiger partial charge in [0.2, 0.25) is 0 Å². The van der Waals surface area contributed by atoms with Crippen molar-refractivity contribution >= 4 is 16.9 Å². The number of halogens is 1. The van der Waals surface area contributed by atoms with Crippen LogP contribution in [0.5, 0.6) is 5.75 Å². The quantitative estimate of drug-likeness (QED) is 0.731. The Morgan fingerprint density at radius 2 is 2.31 bits per heavy atom. The van der Waals surface area contributed by atoms with Gasteiger partial charge in [0, 0.05) is 6.07 Å². The maximum atomic E-state index is 12.8. The molecule has 0 unspecified atom stereocenters. The SMILES string of the molecule is C=C(F)c1cc(O)cc2ncoc12. The molecule has 0 amide bonds. The summed E-state index contributed by atoms with van der Waals surface area (Å²) in [5.41, 5.74) is 0.839. The van der Waals surface area contributed by atoms with E-state index in [2.05, 4.69) is 11.6 Å². The lowest BCUT2D eigenvalue weighted by atomic mass is 10.1. The lowest BCUT2D eigenvalue weighted by molar-refractivity contribution is 0.475. The molecule has 1 aromatic carbocycles. The molecule has 0 radical (unpaired) electrons. The number of benzene rings is 1. The topological polar surface area (TPSA) is 46.3 Å². The van der Waals surface area contributed by atoms with Gasteiger partial charge in [-0.25, -0.2) is 9.37 Å². The van der Waals surface area contributed by atoms with Crippen LogP contribution in [0.25, 0.3) is 16.9 Å². The molecule has 0 atom stereocenters. The first-order chi connectivity index (χ1) is 6.18. The summed E-state index contributed by atoms with van der Waals surface area (Å²) in [7, 11) is 0. The molecule has 2 aromatic rings. The number of aromatic hydroxyl groups is 1. The van der Waals surface area contributed by atoms with Gasteiger partial charge in [0.15, 0.2) is 12.0 Å². The van der Waals surface area contributed by atoms with Gasteiger partial charge in [-0.3, -0.25) is 0 Å². The summed E-state index contributed by atoms with van der Waals surface area (Å²) in [4.78, 5) is 3.79. The summed E-state index contributed by atoms with van der Waals surface area (Å²) in [5.74, 6) is -0.715. The molecule has 1 heterocycles. The second-order valence-corrected chi connectivity index (χ2v) is 2.60. The Labute approximate surface area is 73.1 Å². The van der Waals surface area contributed by atoms with Crippen LogP contribution in [0.2, 0.25) is 0 Å². The monoisotopic (exact) mass is 179 g/mol. The Morgan fingerprint density at radius 3 is 3.00 bits per heavy atom. The summed E-state index contributed by atoms with van der Waals surface area (Å²) >= 11 is 0. The minimum Gasteiger partial charge on any atom is -0.508 e. The lowest BCUT2D eigenvalue weighted by Crippen LogP contribution is -1.78. The zero-order valence-corrected chi connectivity index (χ0v) is 6.62. The molecule has 1 N–H and O–H groups in total. The fourth-order valence-electron chi connectivity index (χ4n) is 1.16. The molecule has 1 aromatic heterocycles. The summed E-state index contributed by atoms with van der Waals surface area (Å²) in [6, 6.07) is 2.64. The van der Waals surface area contributed by atoms with Crippen molar-refractivity contribution in [1.82, 2.24) is 4.98 Å². The van der Waals surface area contributed by atoms with E-state index in [0.717, 1.165) is 0 Å². The lowest BCUT2D eigenvalue weighted by Gasteiger charge is -1.97. The highest BCUT2D eigenvalue weighted by molar-refractivity contribution is 5.86. The third-order valence-electron chi connectivity index (χ3n) is 1.71. The second-order valence-electron chi connectivity index (χ2n) is 2.60. The fourth-order valence-corrected chi connectivity index (χ4v) is 1.16. The molecule has 0 aliphatic rings. The van der Waals surface area contributed by atoms with Crippen LogP contribution in [0.4, 0.5) is 4.39 Å². The smallest absolute Gasteiger partial charge is 0.182 e. The molecule has 0 aliphatic heterocycles. The van der Waals surface area contributed by atoms with Gasteiger partial charge in [-0.1, -0.05) is 6.58 Å². The number of nitrogens with zero attached hydrogens (tertiary/aromatic N) is 1. The number of hydrogen-bond acceptors (Lipinski definition) is 3. The van der Waals surface area contributed by atoms with E-state index in [4.69, 9.17) is 4.42 Å². The summed E-state index contributed by atoms with van der Waals surface area (Å²) in [6.45, 7) is 3.13. The van der Waals surface area contributed by atoms with E-state index < -0.39 is 5.83 Å². The van der Waals surface area contributed by atoms with Gasteiger partial charge in [0.05, 0.1) is 5.56 Å². The minimum absolute atomic E-state index is 0.0600. The predicted octanol–water partition coefficient (Wildman–Crippen LogP) is 2.47. The van der Waals surface area contributed by atoms with Crippen LogP contribution in [0.3, 0.4) is 0 Å². The van der Waals surface area contributed by atoms with Gasteiger partial charge in [-0.2, -0.15) is 0 Å². The summed E-state index contributed by atoms with van der Waals surface area (Å²) < 4.78 is 17.8. The molecule has 0 aliphatic carbocycles. The van der Waals surface area contributed by atoms with Crippen molar-refractivity contribution in [2.24, 2.45) is 0 Å². The molecule has 0 saturated carbocycles. The maximum Gasteiger partial charge on any atom is 0.182 e. The van der Waals surface area contributed by atoms with E-state index in [0.29, 0.717) is 11.1 Å². The number of oxazole rings is 1. The number of fused-ring (bicyclic) bond motifs is 1. The average molecular weight is 179 g/mol. The van der Waals surface area contributed by atoms with Crippen molar-refractivity contribution in [3.8, 4) is 5.75 Å². The van der Waals surface area contributed by atoms with Crippen molar-refractivity contribution in [2.45, 2.75) is 0 Å². The number of rotatable bonds is 1. The van der Waals surface area contributed by atoms with E-state index in [1.807, 2.05) is 0 Å². The third-order valence-corrected chi connectivity index (χ3v) is 1.71. The van der Waals surface area contributed by atoms with Crippen molar-refractivity contribution in [3.05, 3.63) is 30.7 Å². The largest absolute Gasteiger partial charge is 0.508 e. The van der Waals surface area contributed by atoms with Gasteiger partial charge < -0.3 is 9.52 Å². The van der Waals surface area contributed by atoms with Gasteiger partial charge in [0.1, 0.15) is 17.1 Å². The van der Waals surface area contributed by atoms with Crippen molar-refractivity contribution in [2.75, 3.05) is 0 Å². The number of hydrogen-bond donors (Lipinski definition) is 1. The van der Waals surface area contributed by atoms with Crippen LogP contribution in [0.15, 0.2) is 29.5 Å². The van der Waals surface area contributed by atoms with Crippen LogP contribution >= 0.6 is 0 Å². The van der Waals surface area contributed by atoms with Crippen molar-refractivity contribution in [1.29, 1.82) is 0 Å². The van der Waals surface area contributed by atoms with Gasteiger partial charge >= 0.3 is 0 Å². The van der Waals surface area contributed by atoms with Crippen LogP contribution in [-0.2, 0) is 0 Å². The first-order valence-electron chi connectivity index (χ1n) is 3.59. The summed E-state index contributed by atoms with van der Waals surface area (Å²) in [6.07, 6.45) is 1.19. The highest BCUT2D eigenvalue weighted by Crippen LogP contribution is 2.28. The molecular weight excluding hydrogens is 173 g/mol. The molecule has 0 saturated heterocycles. The first kappa shape index (κ1) is 7.79. The molecule has 3 nitrogen and oxygen atoms in total. The zero-order chi connectivity index (χ0) is 9.42. The highest BCUT2D eigenvalue weighted by Gasteiger charge is 2.10. The zero-order valence-electron chi connectivity index (χ0n) is 6.62. The van der Waals surface area contributed by atoms with Crippen LogP contribution < -0.4 is 0 Å². The van der Waals surface area contributed by atoms with E-state index in [1.165, 1.54) is 18.5 Å². The van der Waals surface area contributed by atoms with Gasteiger partial charge in [-0.15, -0.1) is 0 Å². The Morgan fingerprint density at radius 1 is 1.54 bits per heavy atom. The van der Waals surface area contributed by atoms with Crippen LogP contribution in [0, 0.1) is 0 Å². The van der Waals surface area contributed by atoms with Crippen molar-refractivity contribution < 1.29 is 13.9 Å². The van der Waals surface area contributed by atoms with Gasteiger partial charge in [0.25, 0.3) is 0 Å². The summed E-state index contributed by atoms with van der Waals surface area (Å²) in [5, 5.41) is 9.19. The standard InChI is InChI=1S/C9H6FNO2/c1-5(10)7-2-6(12)3-8-9(7)13-4-11-8/h2-4,12H,1H2. The molecule has 4 heteroatoms. The molecule has 0 bridgehead atoms. The molecule has 0 fully saturated rings. The Kier molecular flexibility index (Phi) is 1.55. The first-order valence-corrected chi connectivity index (χ1v) is 3.59. The molecule has 13 heavy (non-hydrogen) atoms. The van der Waals surface area contributed by atoms with Gasteiger partial charge in [-0.05, 0) is 6.07 Å². The van der Waals surface area contributed by atoms with E-state index in [1.54, 1.807) is 0 Å². The minimum atomic E-state index is -0.655. The fraction of sp³-hybridized carbons (Fsp3) is 0. The molecule has 0 spiro atoms.